The zero-order chi connectivity index (χ0) is 19.2. The van der Waals surface area contributed by atoms with Crippen LogP contribution in [0.4, 0.5) is 4.39 Å². The van der Waals surface area contributed by atoms with Crippen molar-refractivity contribution in [2.24, 2.45) is 0 Å². The third-order valence-electron chi connectivity index (χ3n) is 3.80. The van der Waals surface area contributed by atoms with E-state index in [0.29, 0.717) is 11.3 Å². The first-order valence-corrected chi connectivity index (χ1v) is 8.12. The Morgan fingerprint density at radius 3 is 2.52 bits per heavy atom. The molecule has 1 aromatic carbocycles. The maximum absolute atomic E-state index is 13.0. The molecule has 3 rings (SSSR count). The van der Waals surface area contributed by atoms with Gasteiger partial charge in [-0.15, -0.1) is 0 Å². The van der Waals surface area contributed by atoms with Crippen molar-refractivity contribution in [1.82, 2.24) is 24.4 Å². The lowest BCUT2D eigenvalue weighted by Gasteiger charge is -2.09. The Bertz CT molecular complexity index is 1060. The Kier molecular flexibility index (Phi) is 5.50. The highest BCUT2D eigenvalue weighted by Crippen LogP contribution is 2.14. The molecule has 0 aliphatic carbocycles. The molecule has 0 radical (unpaired) electrons. The van der Waals surface area contributed by atoms with Crippen LogP contribution in [0, 0.1) is 5.82 Å². The van der Waals surface area contributed by atoms with Gasteiger partial charge in [0, 0.05) is 37.0 Å². The van der Waals surface area contributed by atoms with Crippen molar-refractivity contribution >= 4 is 5.91 Å². The first-order chi connectivity index (χ1) is 13.0. The molecule has 2 heterocycles. The Balaban J connectivity index is 1.57. The van der Waals surface area contributed by atoms with Gasteiger partial charge in [0.1, 0.15) is 12.4 Å². The van der Waals surface area contributed by atoms with Crippen molar-refractivity contribution in [2.75, 3.05) is 6.54 Å². The molecule has 0 saturated carbocycles. The summed E-state index contributed by atoms with van der Waals surface area (Å²) in [6.07, 6.45) is 4.01. The maximum atomic E-state index is 13.0. The minimum Gasteiger partial charge on any atom is -0.353 e. The molecule has 0 fully saturated rings. The van der Waals surface area contributed by atoms with E-state index in [1.54, 1.807) is 12.1 Å². The summed E-state index contributed by atoms with van der Waals surface area (Å²) < 4.78 is 15.5. The number of carbonyl (C=O) groups is 1. The Labute approximate surface area is 153 Å². The van der Waals surface area contributed by atoms with Gasteiger partial charge in [-0.25, -0.2) is 14.4 Å². The molecular formula is C18H16FN5O3. The van der Waals surface area contributed by atoms with E-state index in [1.165, 1.54) is 52.3 Å². The predicted molar refractivity (Wildman–Crippen MR) is 95.4 cm³/mol. The first kappa shape index (κ1) is 18.2. The quantitative estimate of drug-likeness (QED) is 0.679. The molecule has 0 aliphatic heterocycles. The molecule has 1 amide bonds. The molecule has 9 heteroatoms. The number of benzene rings is 1. The van der Waals surface area contributed by atoms with Crippen molar-refractivity contribution in [1.29, 1.82) is 0 Å². The van der Waals surface area contributed by atoms with Crippen molar-refractivity contribution in [2.45, 2.75) is 13.1 Å². The highest BCUT2D eigenvalue weighted by atomic mass is 19.1. The summed E-state index contributed by atoms with van der Waals surface area (Å²) in [5.41, 5.74) is 0.464. The monoisotopic (exact) mass is 369 g/mol. The van der Waals surface area contributed by atoms with E-state index in [0.717, 1.165) is 0 Å². The van der Waals surface area contributed by atoms with Gasteiger partial charge in [-0.1, -0.05) is 0 Å². The smallest absolute Gasteiger partial charge is 0.253 e. The van der Waals surface area contributed by atoms with Crippen LogP contribution in [0.2, 0.25) is 0 Å². The summed E-state index contributed by atoms with van der Waals surface area (Å²) in [5, 5.41) is 2.63. The van der Waals surface area contributed by atoms with E-state index in [-0.39, 0.29) is 42.5 Å². The van der Waals surface area contributed by atoms with E-state index in [1.807, 2.05) is 0 Å². The molecule has 0 unspecified atom stereocenters. The van der Waals surface area contributed by atoms with E-state index in [9.17, 15) is 18.8 Å². The number of rotatable bonds is 6. The molecule has 0 bridgehead atoms. The largest absolute Gasteiger partial charge is 0.353 e. The molecule has 0 spiro atoms. The van der Waals surface area contributed by atoms with Crippen LogP contribution < -0.4 is 16.4 Å². The molecule has 0 atom stereocenters. The van der Waals surface area contributed by atoms with E-state index in [4.69, 9.17) is 0 Å². The summed E-state index contributed by atoms with van der Waals surface area (Å²) in [4.78, 5) is 43.6. The lowest BCUT2D eigenvalue weighted by Crippen LogP contribution is -2.35. The van der Waals surface area contributed by atoms with E-state index >= 15 is 0 Å². The normalized spacial score (nSPS) is 10.6. The second-order valence-electron chi connectivity index (χ2n) is 5.71. The molecular weight excluding hydrogens is 353 g/mol. The van der Waals surface area contributed by atoms with Gasteiger partial charge in [0.2, 0.25) is 5.91 Å². The average molecular weight is 369 g/mol. The van der Waals surface area contributed by atoms with Crippen molar-refractivity contribution in [3.8, 4) is 11.3 Å². The van der Waals surface area contributed by atoms with Gasteiger partial charge in [-0.2, -0.15) is 0 Å². The fourth-order valence-corrected chi connectivity index (χ4v) is 2.40. The van der Waals surface area contributed by atoms with Crippen LogP contribution in [-0.2, 0) is 17.9 Å². The molecule has 0 aliphatic rings. The Hall–Kier alpha value is -3.62. The minimum absolute atomic E-state index is 0.149. The van der Waals surface area contributed by atoms with Crippen LogP contribution in [0.5, 0.6) is 0 Å². The Morgan fingerprint density at radius 1 is 1.04 bits per heavy atom. The average Bonchev–Trinajstić information content (AvgIpc) is 2.65. The number of hydrogen-bond acceptors (Lipinski definition) is 5. The molecule has 138 valence electrons. The SMILES string of the molecule is O=C(Cn1cnccc1=O)NCCn1cnc(-c2ccc(F)cc2)cc1=O. The lowest BCUT2D eigenvalue weighted by molar-refractivity contribution is -0.121. The molecule has 8 nitrogen and oxygen atoms in total. The molecule has 27 heavy (non-hydrogen) atoms. The van der Waals surface area contributed by atoms with Crippen molar-refractivity contribution < 1.29 is 9.18 Å². The van der Waals surface area contributed by atoms with Gasteiger partial charge >= 0.3 is 0 Å². The number of nitrogens with zero attached hydrogens (tertiary/aromatic N) is 4. The second kappa shape index (κ2) is 8.17. The van der Waals surface area contributed by atoms with Crippen molar-refractivity contribution in [3.63, 3.8) is 0 Å². The number of aromatic nitrogens is 4. The standard InChI is InChI=1S/C18H16FN5O3/c19-14-3-1-13(2-4-14)15-9-18(27)23(12-22-15)8-7-21-16(25)10-24-11-20-6-5-17(24)26/h1-6,9,11-12H,7-8,10H2,(H,21,25). The topological polar surface area (TPSA) is 98.9 Å². The number of amides is 1. The van der Waals surface area contributed by atoms with Crippen LogP contribution in [0.25, 0.3) is 11.3 Å². The van der Waals surface area contributed by atoms with Gasteiger partial charge in [-0.3, -0.25) is 23.5 Å². The van der Waals surface area contributed by atoms with Crippen molar-refractivity contribution in [3.05, 3.63) is 81.8 Å². The van der Waals surface area contributed by atoms with Crippen LogP contribution in [0.3, 0.4) is 0 Å². The summed E-state index contributed by atoms with van der Waals surface area (Å²) >= 11 is 0. The Morgan fingerprint density at radius 2 is 1.81 bits per heavy atom. The zero-order valence-corrected chi connectivity index (χ0v) is 14.2. The third kappa shape index (κ3) is 4.72. The van der Waals surface area contributed by atoms with Gasteiger partial charge in [0.05, 0.1) is 18.3 Å². The van der Waals surface area contributed by atoms with Gasteiger partial charge in [0.15, 0.2) is 0 Å². The van der Waals surface area contributed by atoms with Crippen LogP contribution in [0.1, 0.15) is 0 Å². The molecule has 2 aromatic heterocycles. The number of halogens is 1. The zero-order valence-electron chi connectivity index (χ0n) is 14.2. The number of carbonyl (C=O) groups excluding carboxylic acids is 1. The summed E-state index contributed by atoms with van der Waals surface area (Å²) in [6, 6.07) is 8.30. The molecule has 1 N–H and O–H groups in total. The van der Waals surface area contributed by atoms with E-state index in [2.05, 4.69) is 15.3 Å². The summed E-state index contributed by atoms with van der Waals surface area (Å²) in [7, 11) is 0. The number of hydrogen-bond donors (Lipinski definition) is 1. The fraction of sp³-hybridized carbons (Fsp3) is 0.167. The van der Waals surface area contributed by atoms with Crippen LogP contribution in [-0.4, -0.2) is 31.6 Å². The van der Waals surface area contributed by atoms with Crippen LogP contribution >= 0.6 is 0 Å². The summed E-state index contributed by atoms with van der Waals surface area (Å²) in [6.45, 7) is 0.276. The highest BCUT2D eigenvalue weighted by Gasteiger charge is 2.06. The first-order valence-electron chi connectivity index (χ1n) is 8.12. The lowest BCUT2D eigenvalue weighted by atomic mass is 10.1. The highest BCUT2D eigenvalue weighted by molar-refractivity contribution is 5.75. The molecule has 3 aromatic rings. The maximum Gasteiger partial charge on any atom is 0.253 e. The summed E-state index contributed by atoms with van der Waals surface area (Å²) in [5.74, 6) is -0.731. The van der Waals surface area contributed by atoms with Gasteiger partial charge < -0.3 is 5.32 Å². The second-order valence-corrected chi connectivity index (χ2v) is 5.71. The predicted octanol–water partition coefficient (Wildman–Crippen LogP) is 0.423. The van der Waals surface area contributed by atoms with E-state index < -0.39 is 0 Å². The fourth-order valence-electron chi connectivity index (χ4n) is 2.40. The molecule has 0 saturated heterocycles. The van der Waals surface area contributed by atoms with Crippen LogP contribution in [0.15, 0.2) is 64.8 Å². The number of nitrogens with one attached hydrogen (secondary N) is 1. The van der Waals surface area contributed by atoms with Gasteiger partial charge in [-0.05, 0) is 24.3 Å². The minimum atomic E-state index is -0.367. The third-order valence-corrected chi connectivity index (χ3v) is 3.80. The van der Waals surface area contributed by atoms with Gasteiger partial charge in [0.25, 0.3) is 11.1 Å².